The van der Waals surface area contributed by atoms with Crippen LogP contribution in [0.1, 0.15) is 11.1 Å². The second kappa shape index (κ2) is 7.43. The Hall–Kier alpha value is -1.74. The van der Waals surface area contributed by atoms with Gasteiger partial charge in [-0.15, -0.1) is 0 Å². The van der Waals surface area contributed by atoms with Crippen LogP contribution in [0, 0.1) is 0 Å². The maximum absolute atomic E-state index is 12.2. The minimum absolute atomic E-state index is 0.0731. The molecule has 0 aliphatic rings. The highest BCUT2D eigenvalue weighted by Crippen LogP contribution is 2.19. The minimum Gasteiger partial charge on any atom is -0.380 e. The van der Waals surface area contributed by atoms with Crippen LogP contribution in [0.3, 0.4) is 0 Å². The zero-order valence-electron chi connectivity index (χ0n) is 13.3. The van der Waals surface area contributed by atoms with E-state index in [0.29, 0.717) is 12.2 Å². The van der Waals surface area contributed by atoms with E-state index in [-0.39, 0.29) is 16.4 Å². The van der Waals surface area contributed by atoms with Crippen LogP contribution in [0.4, 0.5) is 0 Å². The highest BCUT2D eigenvalue weighted by molar-refractivity contribution is 7.90. The van der Waals surface area contributed by atoms with Crippen molar-refractivity contribution < 1.29 is 25.8 Å². The molecule has 6 nitrogen and oxygen atoms in total. The van der Waals surface area contributed by atoms with Crippen molar-refractivity contribution in [2.45, 2.75) is 23.0 Å². The van der Waals surface area contributed by atoms with Gasteiger partial charge in [0.15, 0.2) is 9.84 Å². The van der Waals surface area contributed by atoms with Gasteiger partial charge < -0.3 is 4.74 Å². The van der Waals surface area contributed by atoms with Crippen LogP contribution in [0.5, 0.6) is 0 Å². The van der Waals surface area contributed by atoms with Crippen LogP contribution >= 0.6 is 0 Å². The second-order valence-electron chi connectivity index (χ2n) is 5.21. The summed E-state index contributed by atoms with van der Waals surface area (Å²) in [5.74, 6) is 0. The molecule has 2 aromatic rings. The molecule has 0 atom stereocenters. The van der Waals surface area contributed by atoms with Crippen molar-refractivity contribution in [3.8, 4) is 0 Å². The monoisotopic (exact) mass is 370 g/mol. The van der Waals surface area contributed by atoms with E-state index in [2.05, 4.69) is 0 Å². The molecular formula is C16H18O6S2. The maximum Gasteiger partial charge on any atom is 0.297 e. The molecule has 2 aromatic carbocycles. The van der Waals surface area contributed by atoms with Gasteiger partial charge in [-0.05, 0) is 29.3 Å². The molecule has 0 bridgehead atoms. The van der Waals surface area contributed by atoms with Crippen molar-refractivity contribution in [1.29, 1.82) is 0 Å². The van der Waals surface area contributed by atoms with Gasteiger partial charge in [0.05, 0.1) is 23.0 Å². The largest absolute Gasteiger partial charge is 0.380 e. The van der Waals surface area contributed by atoms with E-state index in [1.807, 2.05) is 12.1 Å². The summed E-state index contributed by atoms with van der Waals surface area (Å²) in [6.07, 6.45) is 1.02. The lowest BCUT2D eigenvalue weighted by Gasteiger charge is -2.08. The van der Waals surface area contributed by atoms with Crippen molar-refractivity contribution in [1.82, 2.24) is 0 Å². The van der Waals surface area contributed by atoms with Gasteiger partial charge in [0.1, 0.15) is 0 Å². The van der Waals surface area contributed by atoms with Crippen LogP contribution < -0.4 is 0 Å². The smallest absolute Gasteiger partial charge is 0.297 e. The van der Waals surface area contributed by atoms with Crippen LogP contribution in [-0.4, -0.2) is 30.2 Å². The van der Waals surface area contributed by atoms with Crippen molar-refractivity contribution in [3.63, 3.8) is 0 Å². The topological polar surface area (TPSA) is 86.7 Å². The van der Waals surface area contributed by atoms with E-state index in [4.69, 9.17) is 8.92 Å². The van der Waals surface area contributed by atoms with Crippen LogP contribution in [0.15, 0.2) is 58.3 Å². The number of hydrogen-bond acceptors (Lipinski definition) is 6. The predicted molar refractivity (Wildman–Crippen MR) is 88.7 cm³/mol. The van der Waals surface area contributed by atoms with E-state index < -0.39 is 20.0 Å². The lowest BCUT2D eigenvalue weighted by Crippen LogP contribution is -2.08. The van der Waals surface area contributed by atoms with E-state index in [1.165, 1.54) is 18.2 Å². The number of methoxy groups -OCH3 is 1. The lowest BCUT2D eigenvalue weighted by atomic mass is 10.1. The first-order valence-electron chi connectivity index (χ1n) is 6.99. The fourth-order valence-corrected chi connectivity index (χ4v) is 3.66. The van der Waals surface area contributed by atoms with Crippen LogP contribution in [-0.2, 0) is 42.1 Å². The van der Waals surface area contributed by atoms with E-state index in [9.17, 15) is 16.8 Å². The van der Waals surface area contributed by atoms with Crippen LogP contribution in [0.2, 0.25) is 0 Å². The Morgan fingerprint density at radius 1 is 0.833 bits per heavy atom. The third-order valence-corrected chi connectivity index (χ3v) is 5.61. The first-order valence-corrected chi connectivity index (χ1v) is 10.3. The average Bonchev–Trinajstić information content (AvgIpc) is 2.54. The molecule has 0 unspecified atom stereocenters. The van der Waals surface area contributed by atoms with Gasteiger partial charge in [-0.25, -0.2) is 8.42 Å². The van der Waals surface area contributed by atoms with Gasteiger partial charge in [-0.3, -0.25) is 4.18 Å². The first-order chi connectivity index (χ1) is 11.2. The zero-order chi connectivity index (χ0) is 17.8. The molecule has 0 aliphatic carbocycles. The summed E-state index contributed by atoms with van der Waals surface area (Å²) in [6.45, 7) is 0.330. The number of benzene rings is 2. The highest BCUT2D eigenvalue weighted by atomic mass is 32.2. The van der Waals surface area contributed by atoms with E-state index in [1.54, 1.807) is 19.2 Å². The molecule has 130 valence electrons. The molecule has 0 heterocycles. The summed E-state index contributed by atoms with van der Waals surface area (Å²) < 4.78 is 57.5. The molecule has 0 aliphatic heterocycles. The molecule has 0 saturated carbocycles. The first kappa shape index (κ1) is 18.6. The van der Waals surface area contributed by atoms with Gasteiger partial charge in [0.2, 0.25) is 0 Å². The van der Waals surface area contributed by atoms with E-state index >= 15 is 0 Å². The fraction of sp³-hybridized carbons (Fsp3) is 0.250. The summed E-state index contributed by atoms with van der Waals surface area (Å²) in [5.41, 5.74) is 1.64. The molecule has 0 N–H and O–H groups in total. The minimum atomic E-state index is -4.05. The number of sulfone groups is 1. The number of hydrogen-bond donors (Lipinski definition) is 0. The quantitative estimate of drug-likeness (QED) is 0.694. The Morgan fingerprint density at radius 2 is 1.38 bits per heavy atom. The fourth-order valence-electron chi connectivity index (χ4n) is 1.97. The van der Waals surface area contributed by atoms with Gasteiger partial charge >= 0.3 is 0 Å². The third-order valence-electron chi connectivity index (χ3n) is 3.24. The predicted octanol–water partition coefficient (Wildman–Crippen LogP) is 2.14. The van der Waals surface area contributed by atoms with E-state index in [0.717, 1.165) is 17.9 Å². The Kier molecular flexibility index (Phi) is 5.76. The molecule has 8 heteroatoms. The summed E-state index contributed by atoms with van der Waals surface area (Å²) in [7, 11) is -5.95. The summed E-state index contributed by atoms with van der Waals surface area (Å²) >= 11 is 0. The van der Waals surface area contributed by atoms with Gasteiger partial charge in [-0.1, -0.05) is 30.3 Å². The normalized spacial score (nSPS) is 12.2. The second-order valence-corrected chi connectivity index (χ2v) is 8.84. The molecule has 0 fully saturated rings. The van der Waals surface area contributed by atoms with Crippen molar-refractivity contribution in [3.05, 3.63) is 59.7 Å². The molecule has 0 aromatic heterocycles. The molecule has 0 amide bonds. The van der Waals surface area contributed by atoms with Crippen molar-refractivity contribution in [2.75, 3.05) is 13.4 Å². The molecule has 0 spiro atoms. The van der Waals surface area contributed by atoms with Gasteiger partial charge in [0.25, 0.3) is 10.1 Å². The van der Waals surface area contributed by atoms with Crippen molar-refractivity contribution in [2.24, 2.45) is 0 Å². The maximum atomic E-state index is 12.2. The molecule has 24 heavy (non-hydrogen) atoms. The highest BCUT2D eigenvalue weighted by Gasteiger charge is 2.18. The lowest BCUT2D eigenvalue weighted by molar-refractivity contribution is 0.185. The Morgan fingerprint density at radius 3 is 1.92 bits per heavy atom. The standard InChI is InChI=1S/C16H18O6S2/c1-21-11-13-6-8-14(9-7-13)12-22-24(19,20)16-5-3-4-15(10-16)23(2,17)18/h3-10H,11-12H2,1-2H3. The summed E-state index contributed by atoms with van der Waals surface area (Å²) in [4.78, 5) is -0.266. The SMILES string of the molecule is COCc1ccc(COS(=O)(=O)c2cccc(S(C)(=O)=O)c2)cc1. The summed E-state index contributed by atoms with van der Waals surface area (Å²) in [5, 5.41) is 0. The van der Waals surface area contributed by atoms with Gasteiger partial charge in [-0.2, -0.15) is 8.42 Å². The Labute approximate surface area is 142 Å². The number of ether oxygens (including phenoxy) is 1. The Bertz CT molecular complexity index is 900. The molecule has 0 radical (unpaired) electrons. The average molecular weight is 370 g/mol. The Balaban J connectivity index is 2.14. The molecular weight excluding hydrogens is 352 g/mol. The van der Waals surface area contributed by atoms with Gasteiger partial charge in [0, 0.05) is 13.4 Å². The number of rotatable bonds is 7. The third kappa shape index (κ3) is 4.88. The summed E-state index contributed by atoms with van der Waals surface area (Å²) in [6, 6.07) is 12.2. The van der Waals surface area contributed by atoms with Crippen molar-refractivity contribution >= 4 is 20.0 Å². The molecule has 0 saturated heterocycles. The zero-order valence-corrected chi connectivity index (χ0v) is 14.9. The molecule has 2 rings (SSSR count). The van der Waals surface area contributed by atoms with Crippen LogP contribution in [0.25, 0.3) is 0 Å².